The van der Waals surface area contributed by atoms with Gasteiger partial charge in [0.25, 0.3) is 11.1 Å². The molecule has 6 nitrogen and oxygen atoms in total. The van der Waals surface area contributed by atoms with Crippen molar-refractivity contribution in [3.05, 3.63) is 95.6 Å². The minimum absolute atomic E-state index is 0.147. The van der Waals surface area contributed by atoms with Crippen molar-refractivity contribution in [2.45, 2.75) is 6.61 Å². The summed E-state index contributed by atoms with van der Waals surface area (Å²) >= 11 is 12.8. The lowest BCUT2D eigenvalue weighted by molar-refractivity contribution is -0.127. The van der Waals surface area contributed by atoms with Crippen molar-refractivity contribution < 1.29 is 23.5 Å². The predicted molar refractivity (Wildman–Crippen MR) is 150 cm³/mol. The average molecular weight is 702 g/mol. The molecule has 0 spiro atoms. The highest BCUT2D eigenvalue weighted by Crippen LogP contribution is 2.38. The van der Waals surface area contributed by atoms with E-state index >= 15 is 0 Å². The third-order valence-electron chi connectivity index (χ3n) is 4.90. The largest absolute Gasteiger partial charge is 0.486 e. The first-order chi connectivity index (χ1) is 17.2. The second-order valence-corrected chi connectivity index (χ2v) is 11.1. The van der Waals surface area contributed by atoms with E-state index in [-0.39, 0.29) is 10.6 Å². The third kappa shape index (κ3) is 6.67. The second-order valence-electron chi connectivity index (χ2n) is 7.56. The van der Waals surface area contributed by atoms with Crippen LogP contribution in [0.15, 0.2) is 70.0 Å². The van der Waals surface area contributed by atoms with E-state index < -0.39 is 29.4 Å². The molecule has 0 unspecified atom stereocenters. The van der Waals surface area contributed by atoms with Crippen LogP contribution >= 0.6 is 61.9 Å². The van der Waals surface area contributed by atoms with E-state index in [0.717, 1.165) is 31.9 Å². The molecular formula is C25H16BrClFIN2O4S. The van der Waals surface area contributed by atoms with Crippen LogP contribution in [0.2, 0.25) is 5.02 Å². The molecule has 0 saturated carbocycles. The molecule has 184 valence electrons. The van der Waals surface area contributed by atoms with Crippen LogP contribution in [-0.2, 0) is 16.2 Å². The number of hydrogen-bond donors (Lipinski definition) is 1. The summed E-state index contributed by atoms with van der Waals surface area (Å²) in [5, 5.41) is 2.22. The van der Waals surface area contributed by atoms with Gasteiger partial charge in [-0.15, -0.1) is 0 Å². The minimum Gasteiger partial charge on any atom is -0.486 e. The maximum absolute atomic E-state index is 13.3. The lowest BCUT2D eigenvalue weighted by Crippen LogP contribution is -2.36. The molecule has 0 aromatic heterocycles. The molecule has 1 aliphatic heterocycles. The molecule has 11 heteroatoms. The van der Waals surface area contributed by atoms with Crippen molar-refractivity contribution in [3.8, 4) is 5.75 Å². The summed E-state index contributed by atoms with van der Waals surface area (Å²) in [4.78, 5) is 38.5. The second kappa shape index (κ2) is 11.8. The third-order valence-corrected chi connectivity index (χ3v) is 7.39. The Bertz CT molecular complexity index is 1360. The summed E-state index contributed by atoms with van der Waals surface area (Å²) in [5.41, 5.74) is 1.78. The summed E-state index contributed by atoms with van der Waals surface area (Å²) in [6.07, 6.45) is 1.52. The molecule has 0 bridgehead atoms. The quantitative estimate of drug-likeness (QED) is 0.210. The van der Waals surface area contributed by atoms with Crippen molar-refractivity contribution in [1.29, 1.82) is 0 Å². The lowest BCUT2D eigenvalue weighted by atomic mass is 10.2. The molecule has 3 aromatic rings. The average Bonchev–Trinajstić information content (AvgIpc) is 3.07. The molecule has 3 aromatic carbocycles. The van der Waals surface area contributed by atoms with Crippen molar-refractivity contribution in [2.75, 3.05) is 11.9 Å². The number of benzene rings is 3. The normalized spacial score (nSPS) is 14.4. The first-order valence-corrected chi connectivity index (χ1v) is 13.4. The fraction of sp³-hybridized carbons (Fsp3) is 0.0800. The van der Waals surface area contributed by atoms with Crippen LogP contribution in [0, 0.1) is 9.39 Å². The molecule has 1 fully saturated rings. The Morgan fingerprint density at radius 2 is 1.92 bits per heavy atom. The Labute approximate surface area is 237 Å². The molecule has 1 saturated heterocycles. The van der Waals surface area contributed by atoms with Gasteiger partial charge >= 0.3 is 0 Å². The molecule has 36 heavy (non-hydrogen) atoms. The monoisotopic (exact) mass is 700 g/mol. The maximum Gasteiger partial charge on any atom is 0.294 e. The Morgan fingerprint density at radius 1 is 1.17 bits per heavy atom. The molecular weight excluding hydrogens is 686 g/mol. The summed E-state index contributed by atoms with van der Waals surface area (Å²) < 4.78 is 20.9. The maximum atomic E-state index is 13.3. The molecule has 0 atom stereocenters. The van der Waals surface area contributed by atoms with Crippen LogP contribution in [0.25, 0.3) is 6.08 Å². The molecule has 1 aliphatic rings. The first-order valence-electron chi connectivity index (χ1n) is 10.4. The standard InChI is InChI=1S/C25H16BrClFIN2O4S/c26-19-8-15(9-20(27)23(19)35-13-14-4-6-17(29)7-5-14)10-21-24(33)31(25(34)36-21)12-22(32)30-18-3-1-2-16(28)11-18/h1-11H,12-13H2,(H,30,32)/b21-10+. The number of rotatable bonds is 7. The van der Waals surface area contributed by atoms with Gasteiger partial charge in [0.1, 0.15) is 19.0 Å². The summed E-state index contributed by atoms with van der Waals surface area (Å²) in [7, 11) is 0. The molecule has 3 amide bonds. The number of thioether (sulfide) groups is 1. The first kappa shape index (κ1) is 26.6. The Kier molecular flexibility index (Phi) is 8.70. The van der Waals surface area contributed by atoms with E-state index in [0.29, 0.717) is 27.4 Å². The number of carbonyl (C=O) groups excluding carboxylic acids is 3. The number of halogens is 4. The highest BCUT2D eigenvalue weighted by Gasteiger charge is 2.36. The van der Waals surface area contributed by atoms with E-state index in [1.54, 1.807) is 12.1 Å². The highest BCUT2D eigenvalue weighted by molar-refractivity contribution is 14.1. The van der Waals surface area contributed by atoms with Crippen molar-refractivity contribution >= 4 is 90.7 Å². The predicted octanol–water partition coefficient (Wildman–Crippen LogP) is 7.10. The summed E-state index contributed by atoms with van der Waals surface area (Å²) in [6.45, 7) is -0.167. The Hall–Kier alpha value is -2.41. The van der Waals surface area contributed by atoms with E-state index in [9.17, 15) is 18.8 Å². The number of nitrogens with one attached hydrogen (secondary N) is 1. The van der Waals surface area contributed by atoms with Gasteiger partial charge in [0.05, 0.1) is 14.4 Å². The zero-order valence-corrected chi connectivity index (χ0v) is 23.6. The van der Waals surface area contributed by atoms with Gasteiger partial charge in [-0.25, -0.2) is 4.39 Å². The van der Waals surface area contributed by atoms with Gasteiger partial charge < -0.3 is 10.1 Å². The zero-order valence-electron chi connectivity index (χ0n) is 18.3. The highest BCUT2D eigenvalue weighted by atomic mass is 127. The van der Waals surface area contributed by atoms with Crippen molar-refractivity contribution in [3.63, 3.8) is 0 Å². The van der Waals surface area contributed by atoms with Crippen LogP contribution in [-0.4, -0.2) is 28.5 Å². The summed E-state index contributed by atoms with van der Waals surface area (Å²) in [5.74, 6) is -1.29. The smallest absolute Gasteiger partial charge is 0.294 e. The Morgan fingerprint density at radius 3 is 2.61 bits per heavy atom. The van der Waals surface area contributed by atoms with Crippen LogP contribution < -0.4 is 10.1 Å². The van der Waals surface area contributed by atoms with E-state index in [2.05, 4.69) is 43.8 Å². The van der Waals surface area contributed by atoms with E-state index in [4.69, 9.17) is 16.3 Å². The van der Waals surface area contributed by atoms with Gasteiger partial charge in [0.15, 0.2) is 5.75 Å². The summed E-state index contributed by atoms with van der Waals surface area (Å²) in [6, 6.07) is 16.6. The number of anilines is 1. The number of amides is 3. The Balaban J connectivity index is 1.43. The lowest BCUT2D eigenvalue weighted by Gasteiger charge is -2.12. The zero-order chi connectivity index (χ0) is 25.8. The minimum atomic E-state index is -0.621. The van der Waals surface area contributed by atoms with Crippen LogP contribution in [0.1, 0.15) is 11.1 Å². The topological polar surface area (TPSA) is 75.7 Å². The van der Waals surface area contributed by atoms with Gasteiger partial charge in [-0.1, -0.05) is 29.8 Å². The fourth-order valence-electron chi connectivity index (χ4n) is 3.23. The number of nitrogens with zero attached hydrogens (tertiary/aromatic N) is 1. The molecule has 0 aliphatic carbocycles. The van der Waals surface area contributed by atoms with Crippen LogP contribution in [0.5, 0.6) is 5.75 Å². The van der Waals surface area contributed by atoms with E-state index in [1.807, 2.05) is 24.3 Å². The molecule has 0 radical (unpaired) electrons. The van der Waals surface area contributed by atoms with Gasteiger partial charge in [0.2, 0.25) is 5.91 Å². The van der Waals surface area contributed by atoms with Crippen LogP contribution in [0.3, 0.4) is 0 Å². The SMILES string of the molecule is O=C(CN1C(=O)S/C(=C/c2cc(Cl)c(OCc3ccc(I)cc3)c(Br)c2)C1=O)Nc1cccc(F)c1. The number of carbonyl (C=O) groups is 3. The van der Waals surface area contributed by atoms with Gasteiger partial charge in [-0.2, -0.15) is 0 Å². The van der Waals surface area contributed by atoms with E-state index in [1.165, 1.54) is 24.3 Å². The fourth-order valence-corrected chi connectivity index (χ4v) is 5.42. The van der Waals surface area contributed by atoms with Gasteiger partial charge in [0, 0.05) is 9.26 Å². The van der Waals surface area contributed by atoms with Gasteiger partial charge in [-0.3, -0.25) is 19.3 Å². The number of imide groups is 1. The number of ether oxygens (including phenoxy) is 1. The van der Waals surface area contributed by atoms with Crippen LogP contribution in [0.4, 0.5) is 14.9 Å². The molecule has 1 N–H and O–H groups in total. The van der Waals surface area contributed by atoms with Gasteiger partial charge in [-0.05, 0) is 110 Å². The molecule has 4 rings (SSSR count). The van der Waals surface area contributed by atoms with Crippen molar-refractivity contribution in [1.82, 2.24) is 4.90 Å². The van der Waals surface area contributed by atoms with Crippen molar-refractivity contribution in [2.24, 2.45) is 0 Å². The number of hydrogen-bond acceptors (Lipinski definition) is 5. The molecule has 1 heterocycles.